The van der Waals surface area contributed by atoms with E-state index in [4.69, 9.17) is 4.74 Å². The second kappa shape index (κ2) is 6.87. The third-order valence-corrected chi connectivity index (χ3v) is 7.80. The zero-order chi connectivity index (χ0) is 23.8. The molecule has 0 aromatic rings. The van der Waals surface area contributed by atoms with Gasteiger partial charge in [0, 0.05) is 6.42 Å². The molecule has 3 aliphatic rings. The fraction of sp³-hybridized carbons (Fsp3) is 0.864. The van der Waals surface area contributed by atoms with Gasteiger partial charge in [-0.15, -0.1) is 0 Å². The van der Waals surface area contributed by atoms with Gasteiger partial charge >= 0.3 is 18.3 Å². The summed E-state index contributed by atoms with van der Waals surface area (Å²) < 4.78 is 84.8. The highest BCUT2D eigenvalue weighted by Gasteiger charge is 2.73. The number of aliphatic hydroxyl groups is 1. The lowest BCUT2D eigenvalue weighted by molar-refractivity contribution is -0.373. The van der Waals surface area contributed by atoms with E-state index >= 15 is 0 Å². The van der Waals surface area contributed by atoms with E-state index in [1.807, 2.05) is 40.7 Å². The number of ether oxygens (including phenoxy) is 1. The molecule has 2 saturated carbocycles. The largest absolute Gasteiger partial charge is 0.458 e. The van der Waals surface area contributed by atoms with Crippen LogP contribution in [0, 0.1) is 28.6 Å². The summed E-state index contributed by atoms with van der Waals surface area (Å²) in [6.07, 6.45) is -10.1. The fourth-order valence-electron chi connectivity index (χ4n) is 6.11. The normalized spacial score (nSPS) is 36.3. The zero-order valence-corrected chi connectivity index (χ0v) is 18.4. The highest BCUT2D eigenvalue weighted by atomic mass is 19.4. The van der Waals surface area contributed by atoms with Gasteiger partial charge < -0.3 is 9.84 Å². The molecule has 9 heteroatoms. The van der Waals surface area contributed by atoms with Gasteiger partial charge in [0.2, 0.25) is 0 Å². The van der Waals surface area contributed by atoms with E-state index in [1.165, 1.54) is 0 Å². The number of halogens is 6. The fourth-order valence-corrected chi connectivity index (χ4v) is 6.11. The van der Waals surface area contributed by atoms with E-state index in [-0.39, 0.29) is 24.7 Å². The number of carbonyl (C=O) groups is 1. The van der Waals surface area contributed by atoms with Gasteiger partial charge in [-0.2, -0.15) is 26.3 Å². The molecular formula is C22H30F6O3. The van der Waals surface area contributed by atoms with Crippen molar-refractivity contribution in [3.8, 4) is 0 Å². The molecule has 1 N–H and O–H groups in total. The number of fused-ring (bicyclic) bond motifs is 3. The number of esters is 1. The Morgan fingerprint density at radius 2 is 1.65 bits per heavy atom. The SMILES string of the molecule is CC(C)=CC1(C(C)(C)C)CC2(CC3CC2CC3CC(O)(C(F)(F)F)C(F)(F)F)OC1=O. The van der Waals surface area contributed by atoms with Crippen LogP contribution >= 0.6 is 0 Å². The zero-order valence-electron chi connectivity index (χ0n) is 18.4. The van der Waals surface area contributed by atoms with Gasteiger partial charge in [-0.3, -0.25) is 4.79 Å². The van der Waals surface area contributed by atoms with E-state index in [0.717, 1.165) is 5.57 Å². The van der Waals surface area contributed by atoms with Crippen LogP contribution in [-0.4, -0.2) is 34.6 Å². The number of hydrogen-bond acceptors (Lipinski definition) is 3. The minimum atomic E-state index is -5.81. The van der Waals surface area contributed by atoms with Gasteiger partial charge in [0.1, 0.15) is 5.60 Å². The van der Waals surface area contributed by atoms with Crippen LogP contribution in [0.2, 0.25) is 0 Å². The Hall–Kier alpha value is -1.25. The van der Waals surface area contributed by atoms with Crippen molar-refractivity contribution < 1.29 is 41.0 Å². The molecule has 0 aromatic heterocycles. The molecule has 1 saturated heterocycles. The summed E-state index contributed by atoms with van der Waals surface area (Å²) in [4.78, 5) is 13.1. The average Bonchev–Trinajstić information content (AvgIpc) is 3.15. The molecule has 0 amide bonds. The maximum absolute atomic E-state index is 13.2. The topological polar surface area (TPSA) is 46.5 Å². The summed E-state index contributed by atoms with van der Waals surface area (Å²) in [5, 5.41) is 9.62. The molecule has 1 spiro atoms. The minimum absolute atomic E-state index is 0.0709. The number of allylic oxidation sites excluding steroid dienone is 1. The number of alkyl halides is 6. The summed E-state index contributed by atoms with van der Waals surface area (Å²) in [6.45, 7) is 9.52. The Balaban J connectivity index is 1.85. The van der Waals surface area contributed by atoms with Gasteiger partial charge in [0.15, 0.2) is 0 Å². The summed E-state index contributed by atoms with van der Waals surface area (Å²) >= 11 is 0. The van der Waals surface area contributed by atoms with Crippen LogP contribution in [0.3, 0.4) is 0 Å². The summed E-state index contributed by atoms with van der Waals surface area (Å²) in [5.41, 5.74) is -6.04. The Morgan fingerprint density at radius 3 is 2.03 bits per heavy atom. The molecule has 3 nitrogen and oxygen atoms in total. The molecule has 1 aliphatic heterocycles. The highest BCUT2D eigenvalue weighted by Crippen LogP contribution is 2.66. The average molecular weight is 456 g/mol. The first kappa shape index (κ1) is 24.4. The van der Waals surface area contributed by atoms with Crippen molar-refractivity contribution in [2.75, 3.05) is 0 Å². The first-order valence-electron chi connectivity index (χ1n) is 10.5. The van der Waals surface area contributed by atoms with E-state index in [1.54, 1.807) is 0 Å². The molecule has 2 aliphatic carbocycles. The Bertz CT molecular complexity index is 760. The van der Waals surface area contributed by atoms with Crippen LogP contribution in [0.15, 0.2) is 11.6 Å². The van der Waals surface area contributed by atoms with Gasteiger partial charge in [-0.1, -0.05) is 32.4 Å². The lowest BCUT2D eigenvalue weighted by Crippen LogP contribution is -2.58. The molecule has 2 bridgehead atoms. The molecule has 3 rings (SSSR count). The van der Waals surface area contributed by atoms with Gasteiger partial charge in [0.05, 0.1) is 5.41 Å². The molecule has 1 heterocycles. The molecule has 31 heavy (non-hydrogen) atoms. The summed E-state index contributed by atoms with van der Waals surface area (Å²) in [6, 6.07) is 0. The lowest BCUT2D eigenvalue weighted by atomic mass is 9.60. The van der Waals surface area contributed by atoms with Crippen LogP contribution in [0.25, 0.3) is 0 Å². The number of rotatable bonds is 3. The monoisotopic (exact) mass is 456 g/mol. The molecule has 5 unspecified atom stereocenters. The van der Waals surface area contributed by atoms with Crippen LogP contribution in [0.1, 0.15) is 66.7 Å². The predicted molar refractivity (Wildman–Crippen MR) is 101 cm³/mol. The lowest BCUT2D eigenvalue weighted by Gasteiger charge is -2.41. The van der Waals surface area contributed by atoms with E-state index in [0.29, 0.717) is 12.8 Å². The van der Waals surface area contributed by atoms with Crippen molar-refractivity contribution in [3.05, 3.63) is 11.6 Å². The molecule has 0 aromatic carbocycles. The molecular weight excluding hydrogens is 426 g/mol. The van der Waals surface area contributed by atoms with Crippen molar-refractivity contribution in [3.63, 3.8) is 0 Å². The quantitative estimate of drug-likeness (QED) is 0.324. The molecule has 0 radical (unpaired) electrons. The van der Waals surface area contributed by atoms with Crippen LogP contribution in [0.4, 0.5) is 26.3 Å². The molecule has 178 valence electrons. The van der Waals surface area contributed by atoms with E-state index in [9.17, 15) is 36.2 Å². The van der Waals surface area contributed by atoms with Crippen molar-refractivity contribution in [1.82, 2.24) is 0 Å². The predicted octanol–water partition coefficient (Wildman–Crippen LogP) is 5.96. The van der Waals surface area contributed by atoms with Gasteiger partial charge in [0.25, 0.3) is 5.60 Å². The van der Waals surface area contributed by atoms with Gasteiger partial charge in [-0.25, -0.2) is 0 Å². The van der Waals surface area contributed by atoms with Gasteiger partial charge in [-0.05, 0) is 62.7 Å². The Morgan fingerprint density at radius 1 is 1.10 bits per heavy atom. The third-order valence-electron chi connectivity index (χ3n) is 7.80. The highest BCUT2D eigenvalue weighted by molar-refractivity contribution is 5.83. The molecule has 3 fully saturated rings. The Kier molecular flexibility index (Phi) is 5.41. The molecule has 5 atom stereocenters. The minimum Gasteiger partial charge on any atom is -0.458 e. The van der Waals surface area contributed by atoms with Crippen molar-refractivity contribution >= 4 is 5.97 Å². The van der Waals surface area contributed by atoms with Crippen molar-refractivity contribution in [1.29, 1.82) is 0 Å². The third kappa shape index (κ3) is 3.59. The number of carbonyl (C=O) groups excluding carboxylic acids is 1. The number of hydrogen-bond donors (Lipinski definition) is 1. The first-order chi connectivity index (χ1) is 13.8. The van der Waals surface area contributed by atoms with E-state index < -0.39 is 52.6 Å². The standard InChI is InChI=1S/C22H30F6O3/c1-12(2)8-18(17(3,4)5)11-19(31-16(18)29)9-13-6-15(19)7-14(13)10-20(30,21(23,24)25)22(26,27)28/h8,13-15,30H,6-7,9-11H2,1-5H3. The van der Waals surface area contributed by atoms with Crippen LogP contribution < -0.4 is 0 Å². The second-order valence-electron chi connectivity index (χ2n) is 11.0. The van der Waals surface area contributed by atoms with Crippen LogP contribution in [0.5, 0.6) is 0 Å². The summed E-state index contributed by atoms with van der Waals surface area (Å²) in [5.74, 6) is -2.09. The van der Waals surface area contributed by atoms with Crippen molar-refractivity contribution in [2.24, 2.45) is 28.6 Å². The summed E-state index contributed by atoms with van der Waals surface area (Å²) in [7, 11) is 0. The maximum Gasteiger partial charge on any atom is 0.426 e. The van der Waals surface area contributed by atoms with E-state index in [2.05, 4.69) is 0 Å². The maximum atomic E-state index is 13.2. The second-order valence-corrected chi connectivity index (χ2v) is 11.0. The first-order valence-corrected chi connectivity index (χ1v) is 10.5. The Labute approximate surface area is 178 Å². The smallest absolute Gasteiger partial charge is 0.426 e. The van der Waals surface area contributed by atoms with Crippen LogP contribution in [-0.2, 0) is 9.53 Å². The van der Waals surface area contributed by atoms with Crippen molar-refractivity contribution in [2.45, 2.75) is 90.3 Å².